The van der Waals surface area contributed by atoms with Gasteiger partial charge in [-0.1, -0.05) is 0 Å². The minimum absolute atomic E-state index is 0.0646. The van der Waals surface area contributed by atoms with Crippen LogP contribution in [-0.2, 0) is 0 Å². The molecule has 0 aliphatic heterocycles. The maximum atomic E-state index is 12.9. The number of nitro benzene ring substituents is 1. The molecule has 1 aromatic heterocycles. The smallest absolute Gasteiger partial charge is 0.273 e. The van der Waals surface area contributed by atoms with E-state index in [4.69, 9.17) is 9.47 Å². The van der Waals surface area contributed by atoms with Gasteiger partial charge in [-0.15, -0.1) is 0 Å². The SMILES string of the molecule is COc1ccc([N+](=O)[O-])cc1Oc1cc(F)ncn1. The van der Waals surface area contributed by atoms with E-state index in [1.54, 1.807) is 0 Å². The van der Waals surface area contributed by atoms with Gasteiger partial charge in [0, 0.05) is 6.07 Å². The van der Waals surface area contributed by atoms with Crippen LogP contribution in [0.5, 0.6) is 17.4 Å². The molecule has 0 amide bonds. The largest absolute Gasteiger partial charge is 0.493 e. The topological polar surface area (TPSA) is 87.4 Å². The summed E-state index contributed by atoms with van der Waals surface area (Å²) in [6.45, 7) is 0. The highest BCUT2D eigenvalue weighted by atomic mass is 19.1. The van der Waals surface area contributed by atoms with Crippen LogP contribution >= 0.6 is 0 Å². The third-order valence-corrected chi connectivity index (χ3v) is 2.18. The number of benzene rings is 1. The molecular formula is C11H8FN3O4. The number of rotatable bonds is 4. The van der Waals surface area contributed by atoms with Gasteiger partial charge in [-0.2, -0.15) is 4.39 Å². The van der Waals surface area contributed by atoms with Gasteiger partial charge in [-0.05, 0) is 6.07 Å². The van der Waals surface area contributed by atoms with Crippen molar-refractivity contribution in [2.75, 3.05) is 7.11 Å². The third kappa shape index (κ3) is 2.92. The Bertz CT molecular complexity index is 621. The lowest BCUT2D eigenvalue weighted by molar-refractivity contribution is -0.384. The monoisotopic (exact) mass is 265 g/mol. The first kappa shape index (κ1) is 12.7. The lowest BCUT2D eigenvalue weighted by Gasteiger charge is -2.08. The summed E-state index contributed by atoms with van der Waals surface area (Å²) < 4.78 is 23.1. The number of methoxy groups -OCH3 is 1. The summed E-state index contributed by atoms with van der Waals surface area (Å²) in [4.78, 5) is 17.1. The zero-order valence-corrected chi connectivity index (χ0v) is 9.74. The molecule has 98 valence electrons. The van der Waals surface area contributed by atoms with Crippen molar-refractivity contribution in [1.29, 1.82) is 0 Å². The number of aromatic nitrogens is 2. The summed E-state index contributed by atoms with van der Waals surface area (Å²) in [6.07, 6.45) is 0.981. The number of nitro groups is 1. The molecule has 0 saturated carbocycles. The second kappa shape index (κ2) is 5.25. The van der Waals surface area contributed by atoms with Crippen molar-refractivity contribution in [3.8, 4) is 17.4 Å². The lowest BCUT2D eigenvalue weighted by Crippen LogP contribution is -1.95. The van der Waals surface area contributed by atoms with E-state index in [1.807, 2.05) is 0 Å². The van der Waals surface area contributed by atoms with E-state index in [1.165, 1.54) is 25.3 Å². The van der Waals surface area contributed by atoms with Gasteiger partial charge in [0.2, 0.25) is 11.8 Å². The van der Waals surface area contributed by atoms with Crippen LogP contribution in [-0.4, -0.2) is 22.0 Å². The van der Waals surface area contributed by atoms with Gasteiger partial charge in [0.05, 0.1) is 24.2 Å². The predicted molar refractivity (Wildman–Crippen MR) is 61.7 cm³/mol. The summed E-state index contributed by atoms with van der Waals surface area (Å²) in [7, 11) is 1.38. The Hall–Kier alpha value is -2.77. The second-order valence-corrected chi connectivity index (χ2v) is 3.37. The molecule has 1 aromatic carbocycles. The van der Waals surface area contributed by atoms with Crippen LogP contribution in [0.15, 0.2) is 30.6 Å². The summed E-state index contributed by atoms with van der Waals surface area (Å²) >= 11 is 0. The van der Waals surface area contributed by atoms with Crippen LogP contribution in [0.4, 0.5) is 10.1 Å². The molecule has 0 aliphatic carbocycles. The van der Waals surface area contributed by atoms with Gasteiger partial charge >= 0.3 is 0 Å². The molecule has 0 aliphatic rings. The molecule has 7 nitrogen and oxygen atoms in total. The van der Waals surface area contributed by atoms with E-state index in [2.05, 4.69) is 9.97 Å². The molecule has 0 radical (unpaired) electrons. The van der Waals surface area contributed by atoms with E-state index < -0.39 is 10.9 Å². The first-order valence-corrected chi connectivity index (χ1v) is 5.08. The van der Waals surface area contributed by atoms with Crippen LogP contribution < -0.4 is 9.47 Å². The van der Waals surface area contributed by atoms with E-state index in [9.17, 15) is 14.5 Å². The molecule has 0 bridgehead atoms. The van der Waals surface area contributed by atoms with E-state index in [0.717, 1.165) is 12.4 Å². The molecule has 1 heterocycles. The van der Waals surface area contributed by atoms with Crippen molar-refractivity contribution in [3.05, 3.63) is 46.7 Å². The fourth-order valence-corrected chi connectivity index (χ4v) is 1.34. The normalized spacial score (nSPS) is 10.0. The predicted octanol–water partition coefficient (Wildman–Crippen LogP) is 2.32. The van der Waals surface area contributed by atoms with Crippen molar-refractivity contribution in [3.63, 3.8) is 0 Å². The standard InChI is InChI=1S/C11H8FN3O4/c1-18-8-3-2-7(15(16)17)4-9(8)19-11-5-10(12)13-6-14-11/h2-6H,1H3. The van der Waals surface area contributed by atoms with Gasteiger partial charge in [0.15, 0.2) is 11.5 Å². The molecule has 2 aromatic rings. The highest BCUT2D eigenvalue weighted by Crippen LogP contribution is 2.33. The summed E-state index contributed by atoms with van der Waals surface area (Å²) in [5, 5.41) is 10.7. The quantitative estimate of drug-likeness (QED) is 0.479. The summed E-state index contributed by atoms with van der Waals surface area (Å²) in [5.41, 5.74) is -0.176. The Labute approximate surface area is 106 Å². The molecule has 0 spiro atoms. The average Bonchev–Trinajstić information content (AvgIpc) is 2.38. The van der Waals surface area contributed by atoms with Crippen molar-refractivity contribution < 1.29 is 18.8 Å². The van der Waals surface area contributed by atoms with Crippen LogP contribution in [0.25, 0.3) is 0 Å². The van der Waals surface area contributed by atoms with Crippen LogP contribution in [0, 0.1) is 16.1 Å². The zero-order chi connectivity index (χ0) is 13.8. The third-order valence-electron chi connectivity index (χ3n) is 2.18. The Morgan fingerprint density at radius 2 is 2.05 bits per heavy atom. The Morgan fingerprint density at radius 1 is 1.26 bits per heavy atom. The molecule has 0 atom stereocenters. The Balaban J connectivity index is 2.37. The van der Waals surface area contributed by atoms with E-state index in [-0.39, 0.29) is 23.1 Å². The van der Waals surface area contributed by atoms with Crippen molar-refractivity contribution in [1.82, 2.24) is 9.97 Å². The maximum Gasteiger partial charge on any atom is 0.273 e. The van der Waals surface area contributed by atoms with Crippen molar-refractivity contribution >= 4 is 5.69 Å². The van der Waals surface area contributed by atoms with Gasteiger partial charge in [0.1, 0.15) is 6.33 Å². The van der Waals surface area contributed by atoms with Crippen LogP contribution in [0.1, 0.15) is 0 Å². The Kier molecular flexibility index (Phi) is 3.51. The molecule has 0 saturated heterocycles. The molecule has 19 heavy (non-hydrogen) atoms. The van der Waals surface area contributed by atoms with Crippen LogP contribution in [0.3, 0.4) is 0 Å². The van der Waals surface area contributed by atoms with Crippen LogP contribution in [0.2, 0.25) is 0 Å². The molecule has 8 heteroatoms. The highest BCUT2D eigenvalue weighted by molar-refractivity contribution is 5.49. The fourth-order valence-electron chi connectivity index (χ4n) is 1.34. The number of nitrogens with zero attached hydrogens (tertiary/aromatic N) is 3. The summed E-state index contributed by atoms with van der Waals surface area (Å²) in [5.74, 6) is -0.514. The van der Waals surface area contributed by atoms with Gasteiger partial charge in [-0.25, -0.2) is 9.97 Å². The number of non-ortho nitro benzene ring substituents is 1. The van der Waals surface area contributed by atoms with Gasteiger partial charge < -0.3 is 9.47 Å². The number of ether oxygens (including phenoxy) is 2. The van der Waals surface area contributed by atoms with E-state index >= 15 is 0 Å². The Morgan fingerprint density at radius 3 is 2.68 bits per heavy atom. The average molecular weight is 265 g/mol. The lowest BCUT2D eigenvalue weighted by atomic mass is 10.3. The fraction of sp³-hybridized carbons (Fsp3) is 0.0909. The van der Waals surface area contributed by atoms with Gasteiger partial charge in [0.25, 0.3) is 5.69 Å². The minimum atomic E-state index is -0.769. The number of hydrogen-bond acceptors (Lipinski definition) is 6. The van der Waals surface area contributed by atoms with Crippen molar-refractivity contribution in [2.45, 2.75) is 0 Å². The second-order valence-electron chi connectivity index (χ2n) is 3.37. The summed E-state index contributed by atoms with van der Waals surface area (Å²) in [6, 6.07) is 4.77. The first-order chi connectivity index (χ1) is 9.10. The van der Waals surface area contributed by atoms with E-state index in [0.29, 0.717) is 0 Å². The molecule has 0 unspecified atom stereocenters. The minimum Gasteiger partial charge on any atom is -0.493 e. The molecule has 0 N–H and O–H groups in total. The van der Waals surface area contributed by atoms with Crippen molar-refractivity contribution in [2.24, 2.45) is 0 Å². The number of hydrogen-bond donors (Lipinski definition) is 0. The maximum absolute atomic E-state index is 12.9. The number of halogens is 1. The zero-order valence-electron chi connectivity index (χ0n) is 9.74. The van der Waals surface area contributed by atoms with Gasteiger partial charge in [-0.3, -0.25) is 10.1 Å². The molecular weight excluding hydrogens is 257 g/mol. The molecule has 2 rings (SSSR count). The molecule has 0 fully saturated rings. The first-order valence-electron chi connectivity index (χ1n) is 5.08. The highest BCUT2D eigenvalue weighted by Gasteiger charge is 2.14.